The average molecular weight is 525 g/mol. The zero-order valence-corrected chi connectivity index (χ0v) is 20.2. The normalized spacial score (nSPS) is 14.7. The molecular weight excluding hydrogens is 509 g/mol. The van der Waals surface area contributed by atoms with Crippen LogP contribution in [0.1, 0.15) is 22.7 Å². The highest BCUT2D eigenvalue weighted by molar-refractivity contribution is 6.40. The first kappa shape index (κ1) is 23.1. The Labute approximate surface area is 215 Å². The van der Waals surface area contributed by atoms with Gasteiger partial charge in [0.2, 0.25) is 5.88 Å². The SMILES string of the molecule is N#CC1=C(N)Oc2cc(OCc3cn(-c4c(Cl)cc(Cl)cc4Cl)nn3)ccc2C1c1ccccc1. The molecule has 174 valence electrons. The Morgan fingerprint density at radius 2 is 1.80 bits per heavy atom. The fourth-order valence-corrected chi connectivity index (χ4v) is 4.89. The van der Waals surface area contributed by atoms with Gasteiger partial charge in [-0.15, -0.1) is 5.10 Å². The minimum Gasteiger partial charge on any atom is -0.487 e. The van der Waals surface area contributed by atoms with Gasteiger partial charge in [0.05, 0.1) is 22.2 Å². The van der Waals surface area contributed by atoms with Crippen molar-refractivity contribution < 1.29 is 9.47 Å². The molecule has 1 unspecified atom stereocenters. The number of halogens is 3. The Morgan fingerprint density at radius 3 is 2.51 bits per heavy atom. The third-order valence-electron chi connectivity index (χ3n) is 5.46. The van der Waals surface area contributed by atoms with E-state index < -0.39 is 0 Å². The molecule has 4 aromatic rings. The van der Waals surface area contributed by atoms with Crippen LogP contribution in [0.4, 0.5) is 0 Å². The second-order valence-corrected chi connectivity index (χ2v) is 8.95. The molecule has 0 spiro atoms. The summed E-state index contributed by atoms with van der Waals surface area (Å²) < 4.78 is 13.1. The van der Waals surface area contributed by atoms with Gasteiger partial charge in [0.25, 0.3) is 0 Å². The zero-order chi connectivity index (χ0) is 24.5. The summed E-state index contributed by atoms with van der Waals surface area (Å²) in [6.45, 7) is 0.137. The summed E-state index contributed by atoms with van der Waals surface area (Å²) in [4.78, 5) is 0. The van der Waals surface area contributed by atoms with Crippen molar-refractivity contribution in [2.24, 2.45) is 5.73 Å². The summed E-state index contributed by atoms with van der Waals surface area (Å²) in [5.74, 6) is 0.815. The average Bonchev–Trinajstić information content (AvgIpc) is 3.30. The molecule has 2 N–H and O–H groups in total. The maximum Gasteiger partial charge on any atom is 0.205 e. The number of hydrogen-bond acceptors (Lipinski definition) is 6. The van der Waals surface area contributed by atoms with E-state index in [9.17, 15) is 5.26 Å². The van der Waals surface area contributed by atoms with Crippen LogP contribution in [-0.4, -0.2) is 15.0 Å². The Kier molecular flexibility index (Phi) is 6.27. The zero-order valence-electron chi connectivity index (χ0n) is 18.0. The lowest BCUT2D eigenvalue weighted by Gasteiger charge is -2.26. The van der Waals surface area contributed by atoms with Gasteiger partial charge in [-0.1, -0.05) is 76.4 Å². The number of ether oxygens (including phenoxy) is 2. The predicted octanol–water partition coefficient (Wildman–Crippen LogP) is 6.02. The van der Waals surface area contributed by atoms with Gasteiger partial charge < -0.3 is 15.2 Å². The summed E-state index contributed by atoms with van der Waals surface area (Å²) in [6, 6.07) is 20.4. The summed E-state index contributed by atoms with van der Waals surface area (Å²) in [5, 5.41) is 19.0. The number of benzene rings is 3. The van der Waals surface area contributed by atoms with Crippen LogP contribution in [0.2, 0.25) is 15.1 Å². The van der Waals surface area contributed by atoms with Gasteiger partial charge in [-0.05, 0) is 23.8 Å². The van der Waals surface area contributed by atoms with E-state index in [0.29, 0.717) is 43.5 Å². The first-order chi connectivity index (χ1) is 16.9. The summed E-state index contributed by atoms with van der Waals surface area (Å²) in [6.07, 6.45) is 1.67. The number of nitrogens with two attached hydrogens (primary N) is 1. The van der Waals surface area contributed by atoms with Crippen molar-refractivity contribution in [2.75, 3.05) is 0 Å². The maximum atomic E-state index is 9.69. The first-order valence-corrected chi connectivity index (χ1v) is 11.5. The van der Waals surface area contributed by atoms with Crippen LogP contribution >= 0.6 is 34.8 Å². The van der Waals surface area contributed by atoms with Crippen LogP contribution in [0.15, 0.2) is 78.3 Å². The topological polar surface area (TPSA) is 99.0 Å². The molecule has 0 fully saturated rings. The van der Waals surface area contributed by atoms with Crippen LogP contribution in [0, 0.1) is 11.3 Å². The molecule has 0 radical (unpaired) electrons. The van der Waals surface area contributed by atoms with E-state index in [-0.39, 0.29) is 18.4 Å². The Bertz CT molecular complexity index is 1470. The lowest BCUT2D eigenvalue weighted by atomic mass is 9.83. The fraction of sp³-hybridized carbons (Fsp3) is 0.0800. The molecule has 0 saturated carbocycles. The molecule has 0 amide bonds. The summed E-state index contributed by atoms with van der Waals surface area (Å²) in [7, 11) is 0. The largest absolute Gasteiger partial charge is 0.487 e. The quantitative estimate of drug-likeness (QED) is 0.342. The number of aromatic nitrogens is 3. The maximum absolute atomic E-state index is 9.69. The minimum absolute atomic E-state index is 0.0747. The molecule has 35 heavy (non-hydrogen) atoms. The molecule has 1 atom stereocenters. The molecule has 7 nitrogen and oxygen atoms in total. The van der Waals surface area contributed by atoms with Crippen molar-refractivity contribution in [3.63, 3.8) is 0 Å². The highest BCUT2D eigenvalue weighted by Gasteiger charge is 2.30. The van der Waals surface area contributed by atoms with Crippen molar-refractivity contribution >= 4 is 34.8 Å². The predicted molar refractivity (Wildman–Crippen MR) is 133 cm³/mol. The monoisotopic (exact) mass is 523 g/mol. The molecule has 10 heteroatoms. The first-order valence-electron chi connectivity index (χ1n) is 10.4. The van der Waals surface area contributed by atoms with E-state index in [0.717, 1.165) is 11.1 Å². The smallest absolute Gasteiger partial charge is 0.205 e. The van der Waals surface area contributed by atoms with Gasteiger partial charge in [0.15, 0.2) is 0 Å². The number of allylic oxidation sites excluding steroid dienone is 1. The molecular formula is C25H16Cl3N5O2. The number of rotatable bonds is 5. The van der Waals surface area contributed by atoms with Crippen LogP contribution in [0.5, 0.6) is 11.5 Å². The van der Waals surface area contributed by atoms with Gasteiger partial charge in [-0.3, -0.25) is 0 Å². The third kappa shape index (κ3) is 4.52. The van der Waals surface area contributed by atoms with E-state index in [4.69, 9.17) is 50.0 Å². The van der Waals surface area contributed by atoms with Crippen molar-refractivity contribution in [2.45, 2.75) is 12.5 Å². The number of nitriles is 1. The van der Waals surface area contributed by atoms with Gasteiger partial charge in [0, 0.05) is 16.7 Å². The Morgan fingerprint density at radius 1 is 1.06 bits per heavy atom. The van der Waals surface area contributed by atoms with E-state index in [1.165, 1.54) is 4.68 Å². The molecule has 1 aliphatic rings. The second-order valence-electron chi connectivity index (χ2n) is 7.70. The summed E-state index contributed by atoms with van der Waals surface area (Å²) >= 11 is 18.5. The second kappa shape index (κ2) is 9.51. The molecule has 1 aromatic heterocycles. The van der Waals surface area contributed by atoms with Crippen LogP contribution in [0.25, 0.3) is 5.69 Å². The lowest BCUT2D eigenvalue weighted by molar-refractivity contribution is 0.298. The van der Waals surface area contributed by atoms with Gasteiger partial charge in [-0.25, -0.2) is 4.68 Å². The summed E-state index contributed by atoms with van der Waals surface area (Å²) in [5.41, 5.74) is 9.25. The minimum atomic E-state index is -0.326. The highest BCUT2D eigenvalue weighted by atomic mass is 35.5. The van der Waals surface area contributed by atoms with Crippen LogP contribution < -0.4 is 15.2 Å². The number of fused-ring (bicyclic) bond motifs is 1. The molecule has 5 rings (SSSR count). The third-order valence-corrected chi connectivity index (χ3v) is 6.26. The standard InChI is InChI=1S/C25H16Cl3N5O2/c26-15-8-20(27)24(21(28)9-15)33-12-16(31-32-33)13-34-17-6-7-18-22(10-17)35-25(30)19(11-29)23(18)14-4-2-1-3-5-14/h1-10,12,23H,13,30H2. The van der Waals surface area contributed by atoms with Gasteiger partial charge >= 0.3 is 0 Å². The van der Waals surface area contributed by atoms with E-state index in [2.05, 4.69) is 16.4 Å². The highest BCUT2D eigenvalue weighted by Crippen LogP contribution is 2.43. The van der Waals surface area contributed by atoms with Crippen molar-refractivity contribution in [3.05, 3.63) is 110 Å². The van der Waals surface area contributed by atoms with E-state index >= 15 is 0 Å². The van der Waals surface area contributed by atoms with Gasteiger partial charge in [-0.2, -0.15) is 5.26 Å². The molecule has 0 bridgehead atoms. The van der Waals surface area contributed by atoms with Crippen LogP contribution in [0.3, 0.4) is 0 Å². The van der Waals surface area contributed by atoms with Crippen LogP contribution in [-0.2, 0) is 6.61 Å². The lowest BCUT2D eigenvalue weighted by Crippen LogP contribution is -2.21. The number of nitrogens with zero attached hydrogens (tertiary/aromatic N) is 4. The molecule has 0 aliphatic carbocycles. The van der Waals surface area contributed by atoms with Crippen molar-refractivity contribution in [1.29, 1.82) is 5.26 Å². The van der Waals surface area contributed by atoms with E-state index in [1.807, 2.05) is 42.5 Å². The fourth-order valence-electron chi connectivity index (χ4n) is 3.90. The Balaban J connectivity index is 1.38. The van der Waals surface area contributed by atoms with Crippen molar-refractivity contribution in [1.82, 2.24) is 15.0 Å². The molecule has 0 saturated heterocycles. The molecule has 3 aromatic carbocycles. The molecule has 2 heterocycles. The van der Waals surface area contributed by atoms with E-state index in [1.54, 1.807) is 24.4 Å². The number of hydrogen-bond donors (Lipinski definition) is 1. The Hall–Kier alpha value is -3.70. The molecule has 1 aliphatic heterocycles. The van der Waals surface area contributed by atoms with Gasteiger partial charge in [0.1, 0.15) is 41.1 Å². The van der Waals surface area contributed by atoms with Crippen molar-refractivity contribution in [3.8, 4) is 23.3 Å².